The molecule has 1 rings (SSSR count). The molecule has 0 aliphatic carbocycles. The molecule has 0 radical (unpaired) electrons. The van der Waals surface area contributed by atoms with Gasteiger partial charge in [-0.15, -0.1) is 6.58 Å². The molecule has 6 heteroatoms. The van der Waals surface area contributed by atoms with Crippen LogP contribution in [0.4, 0.5) is 4.79 Å². The third-order valence-corrected chi connectivity index (χ3v) is 3.01. The molecular weight excluding hydrogens is 274 g/mol. The number of esters is 1. The quantitative estimate of drug-likeness (QED) is 0.588. The fraction of sp³-hybridized carbons (Fsp3) is 0.667. The van der Waals surface area contributed by atoms with E-state index in [1.165, 1.54) is 0 Å². The van der Waals surface area contributed by atoms with Crippen molar-refractivity contribution in [3.05, 3.63) is 12.7 Å². The van der Waals surface area contributed by atoms with Crippen LogP contribution >= 0.6 is 0 Å². The largest absolute Gasteiger partial charge is 0.464 e. The zero-order chi connectivity index (χ0) is 16.2. The van der Waals surface area contributed by atoms with E-state index in [2.05, 4.69) is 6.58 Å². The second-order valence-electron chi connectivity index (χ2n) is 5.91. The highest BCUT2D eigenvalue weighted by Crippen LogP contribution is 2.30. The Morgan fingerprint density at radius 1 is 1.43 bits per heavy atom. The van der Waals surface area contributed by atoms with E-state index in [0.717, 1.165) is 4.90 Å². The highest BCUT2D eigenvalue weighted by Gasteiger charge is 2.48. The van der Waals surface area contributed by atoms with E-state index in [0.29, 0.717) is 6.42 Å². The zero-order valence-corrected chi connectivity index (χ0v) is 13.0. The summed E-state index contributed by atoms with van der Waals surface area (Å²) in [6.45, 7) is 10.6. The van der Waals surface area contributed by atoms with Crippen LogP contribution in [0.5, 0.6) is 0 Å². The first-order valence-electron chi connectivity index (χ1n) is 7.04. The van der Waals surface area contributed by atoms with Crippen LogP contribution in [0.2, 0.25) is 0 Å². The standard InChI is InChI=1S/C15H23NO5/c1-6-8-10-9-11(13(18)20-7-2)16(12(10)17)14(19)21-15(3,4)5/h6,10-11H,1,7-9H2,2-5H3/t10?,11-/m0/s1. The maximum atomic E-state index is 12.3. The van der Waals surface area contributed by atoms with Crippen LogP contribution in [0.25, 0.3) is 0 Å². The molecule has 1 unspecified atom stereocenters. The summed E-state index contributed by atoms with van der Waals surface area (Å²) in [5.74, 6) is -1.44. The van der Waals surface area contributed by atoms with Gasteiger partial charge in [-0.1, -0.05) is 6.08 Å². The van der Waals surface area contributed by atoms with E-state index in [-0.39, 0.29) is 13.0 Å². The van der Waals surface area contributed by atoms with Gasteiger partial charge in [0, 0.05) is 5.92 Å². The Morgan fingerprint density at radius 2 is 2.05 bits per heavy atom. The molecule has 0 aromatic carbocycles. The summed E-state index contributed by atoms with van der Waals surface area (Å²) in [4.78, 5) is 37.4. The Labute approximate surface area is 125 Å². The van der Waals surface area contributed by atoms with Crippen molar-refractivity contribution >= 4 is 18.0 Å². The molecule has 6 nitrogen and oxygen atoms in total. The topological polar surface area (TPSA) is 72.9 Å². The van der Waals surface area contributed by atoms with Gasteiger partial charge < -0.3 is 9.47 Å². The second kappa shape index (κ2) is 6.74. The number of rotatable bonds is 4. The number of nitrogens with zero attached hydrogens (tertiary/aromatic N) is 1. The highest BCUT2D eigenvalue weighted by molar-refractivity contribution is 6.00. The molecule has 1 fully saturated rings. The highest BCUT2D eigenvalue weighted by atomic mass is 16.6. The van der Waals surface area contributed by atoms with Gasteiger partial charge in [-0.2, -0.15) is 0 Å². The van der Waals surface area contributed by atoms with Gasteiger partial charge in [0.05, 0.1) is 6.61 Å². The molecule has 0 N–H and O–H groups in total. The van der Waals surface area contributed by atoms with Gasteiger partial charge in [0.25, 0.3) is 0 Å². The molecule has 118 valence electrons. The molecule has 0 aromatic heterocycles. The van der Waals surface area contributed by atoms with Crippen molar-refractivity contribution in [3.8, 4) is 0 Å². The summed E-state index contributed by atoms with van der Waals surface area (Å²) in [5, 5.41) is 0. The van der Waals surface area contributed by atoms with Gasteiger partial charge in [0.15, 0.2) is 0 Å². The third-order valence-electron chi connectivity index (χ3n) is 3.01. The minimum atomic E-state index is -0.919. The van der Waals surface area contributed by atoms with Crippen molar-refractivity contribution in [3.63, 3.8) is 0 Å². The molecule has 0 saturated carbocycles. The number of amides is 2. The first-order chi connectivity index (χ1) is 9.71. The van der Waals surface area contributed by atoms with E-state index in [9.17, 15) is 14.4 Å². The van der Waals surface area contributed by atoms with Gasteiger partial charge in [-0.3, -0.25) is 4.79 Å². The number of carbonyl (C=O) groups excluding carboxylic acids is 3. The van der Waals surface area contributed by atoms with Crippen molar-refractivity contribution in [2.24, 2.45) is 5.92 Å². The summed E-state index contributed by atoms with van der Waals surface area (Å²) in [5.41, 5.74) is -0.743. The molecular formula is C15H23NO5. The van der Waals surface area contributed by atoms with Crippen LogP contribution in [-0.4, -0.2) is 41.1 Å². The van der Waals surface area contributed by atoms with E-state index in [1.54, 1.807) is 33.8 Å². The number of hydrogen-bond donors (Lipinski definition) is 0. The smallest absolute Gasteiger partial charge is 0.417 e. The number of likely N-dealkylation sites (tertiary alicyclic amines) is 1. The van der Waals surface area contributed by atoms with Crippen molar-refractivity contribution in [1.82, 2.24) is 4.90 Å². The summed E-state index contributed by atoms with van der Waals surface area (Å²) in [7, 11) is 0. The molecule has 21 heavy (non-hydrogen) atoms. The first-order valence-corrected chi connectivity index (χ1v) is 7.04. The van der Waals surface area contributed by atoms with Gasteiger partial charge in [0.1, 0.15) is 11.6 Å². The normalized spacial score (nSPS) is 22.1. The molecule has 0 bridgehead atoms. The van der Waals surface area contributed by atoms with Crippen LogP contribution in [0.15, 0.2) is 12.7 Å². The number of allylic oxidation sites excluding steroid dienone is 1. The van der Waals surface area contributed by atoms with Crippen LogP contribution in [0, 0.1) is 5.92 Å². The van der Waals surface area contributed by atoms with E-state index in [4.69, 9.17) is 9.47 Å². The molecule has 1 saturated heterocycles. The Bertz CT molecular complexity index is 438. The number of imide groups is 1. The summed E-state index contributed by atoms with van der Waals surface area (Å²) < 4.78 is 10.2. The van der Waals surface area contributed by atoms with Crippen molar-refractivity contribution in [1.29, 1.82) is 0 Å². The summed E-state index contributed by atoms with van der Waals surface area (Å²) in [6.07, 6.45) is 1.44. The lowest BCUT2D eigenvalue weighted by Crippen LogP contribution is -2.46. The Kier molecular flexibility index (Phi) is 5.52. The Hall–Kier alpha value is -1.85. The van der Waals surface area contributed by atoms with Crippen molar-refractivity contribution in [2.45, 2.75) is 52.2 Å². The lowest BCUT2D eigenvalue weighted by atomic mass is 10.0. The fourth-order valence-electron chi connectivity index (χ4n) is 2.19. The van der Waals surface area contributed by atoms with E-state index < -0.39 is 35.5 Å². The molecule has 2 atom stereocenters. The maximum Gasteiger partial charge on any atom is 0.417 e. The number of hydrogen-bond acceptors (Lipinski definition) is 5. The molecule has 1 aliphatic rings. The SMILES string of the molecule is C=CCC1C[C@@H](C(=O)OCC)N(C(=O)OC(C)(C)C)C1=O. The molecule has 0 spiro atoms. The summed E-state index contributed by atoms with van der Waals surface area (Å²) >= 11 is 0. The molecule has 1 heterocycles. The zero-order valence-electron chi connectivity index (χ0n) is 13.0. The molecule has 2 amide bonds. The second-order valence-corrected chi connectivity index (χ2v) is 5.91. The van der Waals surface area contributed by atoms with Crippen molar-refractivity contribution in [2.75, 3.05) is 6.61 Å². The minimum Gasteiger partial charge on any atom is -0.464 e. The van der Waals surface area contributed by atoms with Crippen LogP contribution in [-0.2, 0) is 19.1 Å². The van der Waals surface area contributed by atoms with Crippen molar-refractivity contribution < 1.29 is 23.9 Å². The maximum absolute atomic E-state index is 12.3. The lowest BCUT2D eigenvalue weighted by Gasteiger charge is -2.26. The Balaban J connectivity index is 2.97. The number of ether oxygens (including phenoxy) is 2. The van der Waals surface area contributed by atoms with Gasteiger partial charge >= 0.3 is 12.1 Å². The monoisotopic (exact) mass is 297 g/mol. The predicted molar refractivity (Wildman–Crippen MR) is 76.4 cm³/mol. The average Bonchev–Trinajstić information content (AvgIpc) is 2.66. The van der Waals surface area contributed by atoms with Gasteiger partial charge in [-0.05, 0) is 40.5 Å². The van der Waals surface area contributed by atoms with E-state index in [1.807, 2.05) is 0 Å². The van der Waals surface area contributed by atoms with Crippen LogP contribution in [0.3, 0.4) is 0 Å². The van der Waals surface area contributed by atoms with Crippen LogP contribution in [0.1, 0.15) is 40.5 Å². The first kappa shape index (κ1) is 17.2. The number of carbonyl (C=O) groups is 3. The minimum absolute atomic E-state index is 0.192. The van der Waals surface area contributed by atoms with E-state index >= 15 is 0 Å². The van der Waals surface area contributed by atoms with Gasteiger partial charge in [-0.25, -0.2) is 14.5 Å². The molecule has 1 aliphatic heterocycles. The fourth-order valence-corrected chi connectivity index (χ4v) is 2.19. The lowest BCUT2D eigenvalue weighted by molar-refractivity contribution is -0.151. The summed E-state index contributed by atoms with van der Waals surface area (Å²) in [6, 6.07) is -0.919. The molecule has 0 aromatic rings. The third kappa shape index (κ3) is 4.31. The predicted octanol–water partition coefficient (Wildman–Crippen LogP) is 2.28. The van der Waals surface area contributed by atoms with Gasteiger partial charge in [0.2, 0.25) is 5.91 Å². The average molecular weight is 297 g/mol. The Morgan fingerprint density at radius 3 is 2.52 bits per heavy atom. The van der Waals surface area contributed by atoms with Crippen LogP contribution < -0.4 is 0 Å².